The van der Waals surface area contributed by atoms with E-state index in [1.165, 1.54) is 12.8 Å². The van der Waals surface area contributed by atoms with Crippen LogP contribution in [0.25, 0.3) is 0 Å². The lowest BCUT2D eigenvalue weighted by Crippen LogP contribution is -2.51. The largest absolute Gasteiger partial charge is 0.392 e. The fourth-order valence-corrected chi connectivity index (χ4v) is 4.45. The Kier molecular flexibility index (Phi) is 4.74. The van der Waals surface area contributed by atoms with E-state index in [2.05, 4.69) is 4.90 Å². The van der Waals surface area contributed by atoms with Crippen molar-refractivity contribution in [2.45, 2.75) is 45.1 Å². The molecule has 2 saturated heterocycles. The maximum Gasteiger partial charge on any atom is 0.230 e. The monoisotopic (exact) mass is 356 g/mol. The molecule has 0 bridgehead atoms. The van der Waals surface area contributed by atoms with Crippen molar-refractivity contribution >= 4 is 11.8 Å². The summed E-state index contributed by atoms with van der Waals surface area (Å²) < 4.78 is 0. The summed E-state index contributed by atoms with van der Waals surface area (Å²) in [5, 5.41) is 9.12. The SMILES string of the molecule is O=C(Cc1ccc(CO)cc1)N1CC[C@]2(CCCN(CC3CC3)C2=O)C1. The first-order chi connectivity index (χ1) is 12.6. The Bertz CT molecular complexity index is 683. The minimum absolute atomic E-state index is 0.0162. The second kappa shape index (κ2) is 7.03. The molecule has 1 N–H and O–H groups in total. The van der Waals surface area contributed by atoms with Gasteiger partial charge in [0.25, 0.3) is 0 Å². The fourth-order valence-electron chi connectivity index (χ4n) is 4.45. The molecule has 4 rings (SSSR count). The van der Waals surface area contributed by atoms with Crippen LogP contribution in [0.3, 0.4) is 0 Å². The number of benzene rings is 1. The van der Waals surface area contributed by atoms with Crippen LogP contribution in [0.15, 0.2) is 24.3 Å². The van der Waals surface area contributed by atoms with Crippen LogP contribution in [-0.4, -0.2) is 52.9 Å². The van der Waals surface area contributed by atoms with Crippen LogP contribution in [-0.2, 0) is 22.6 Å². The van der Waals surface area contributed by atoms with E-state index in [4.69, 9.17) is 5.11 Å². The van der Waals surface area contributed by atoms with Crippen molar-refractivity contribution in [3.05, 3.63) is 35.4 Å². The molecule has 5 heteroatoms. The van der Waals surface area contributed by atoms with E-state index in [1.807, 2.05) is 29.2 Å². The highest BCUT2D eigenvalue weighted by Gasteiger charge is 2.49. The van der Waals surface area contributed by atoms with Gasteiger partial charge in [-0.3, -0.25) is 9.59 Å². The number of carbonyl (C=O) groups is 2. The van der Waals surface area contributed by atoms with Gasteiger partial charge in [-0.05, 0) is 49.1 Å². The number of likely N-dealkylation sites (tertiary alicyclic amines) is 2. The zero-order valence-corrected chi connectivity index (χ0v) is 15.3. The van der Waals surface area contributed by atoms with Crippen LogP contribution in [0.1, 0.15) is 43.2 Å². The number of rotatable bonds is 5. The zero-order valence-electron chi connectivity index (χ0n) is 15.3. The standard InChI is InChI=1S/C21H28N2O3/c24-14-18-6-2-16(3-7-18)12-19(25)23-11-9-21(15-23)8-1-10-22(20(21)26)13-17-4-5-17/h2-3,6-7,17,24H,1,4-5,8-15H2/t21-/m1/s1. The van der Waals surface area contributed by atoms with E-state index in [9.17, 15) is 9.59 Å². The van der Waals surface area contributed by atoms with E-state index in [0.717, 1.165) is 49.4 Å². The van der Waals surface area contributed by atoms with Crippen LogP contribution in [0, 0.1) is 11.3 Å². The minimum atomic E-state index is -0.330. The number of amides is 2. The summed E-state index contributed by atoms with van der Waals surface area (Å²) in [5.74, 6) is 1.11. The molecule has 0 radical (unpaired) electrons. The topological polar surface area (TPSA) is 60.9 Å². The van der Waals surface area contributed by atoms with Gasteiger partial charge in [0, 0.05) is 26.2 Å². The number of aliphatic hydroxyl groups excluding tert-OH is 1. The minimum Gasteiger partial charge on any atom is -0.392 e. The molecule has 140 valence electrons. The molecule has 1 atom stereocenters. The Morgan fingerprint density at radius 1 is 1.12 bits per heavy atom. The Morgan fingerprint density at radius 2 is 1.85 bits per heavy atom. The summed E-state index contributed by atoms with van der Waals surface area (Å²) in [6.07, 6.45) is 5.67. The zero-order chi connectivity index (χ0) is 18.1. The molecule has 2 amide bonds. The van der Waals surface area contributed by atoms with Crippen molar-refractivity contribution in [2.24, 2.45) is 11.3 Å². The van der Waals surface area contributed by atoms with Crippen molar-refractivity contribution in [1.29, 1.82) is 0 Å². The fraction of sp³-hybridized carbons (Fsp3) is 0.619. The van der Waals surface area contributed by atoms with E-state index in [0.29, 0.717) is 25.4 Å². The first-order valence-electron chi connectivity index (χ1n) is 9.85. The van der Waals surface area contributed by atoms with Crippen LogP contribution in [0.2, 0.25) is 0 Å². The smallest absolute Gasteiger partial charge is 0.230 e. The molecule has 1 aliphatic carbocycles. The molecule has 1 aromatic carbocycles. The van der Waals surface area contributed by atoms with Crippen molar-refractivity contribution < 1.29 is 14.7 Å². The Hall–Kier alpha value is -1.88. The van der Waals surface area contributed by atoms with Gasteiger partial charge >= 0.3 is 0 Å². The molecule has 0 unspecified atom stereocenters. The average molecular weight is 356 g/mol. The molecule has 2 aliphatic heterocycles. The van der Waals surface area contributed by atoms with E-state index in [1.54, 1.807) is 0 Å². The Labute approximate surface area is 155 Å². The summed E-state index contributed by atoms with van der Waals surface area (Å²) >= 11 is 0. The molecule has 3 aliphatic rings. The molecule has 1 aromatic rings. The Balaban J connectivity index is 1.38. The van der Waals surface area contributed by atoms with Crippen LogP contribution in [0.5, 0.6) is 0 Å². The molecule has 3 fully saturated rings. The van der Waals surface area contributed by atoms with E-state index < -0.39 is 0 Å². The predicted molar refractivity (Wildman–Crippen MR) is 98.2 cm³/mol. The summed E-state index contributed by atoms with van der Waals surface area (Å²) in [6.45, 7) is 3.10. The highest BCUT2D eigenvalue weighted by Crippen LogP contribution is 2.41. The lowest BCUT2D eigenvalue weighted by atomic mass is 9.78. The highest BCUT2D eigenvalue weighted by molar-refractivity contribution is 5.86. The molecule has 26 heavy (non-hydrogen) atoms. The number of piperidine rings is 1. The molecular weight excluding hydrogens is 328 g/mol. The molecule has 5 nitrogen and oxygen atoms in total. The summed E-state index contributed by atoms with van der Waals surface area (Å²) in [7, 11) is 0. The van der Waals surface area contributed by atoms with E-state index in [-0.39, 0.29) is 17.9 Å². The third kappa shape index (κ3) is 3.50. The normalized spacial score (nSPS) is 26.0. The number of nitrogens with zero attached hydrogens (tertiary/aromatic N) is 2. The summed E-state index contributed by atoms with van der Waals surface area (Å²) in [6, 6.07) is 7.51. The lowest BCUT2D eigenvalue weighted by molar-refractivity contribution is -0.146. The number of carbonyl (C=O) groups excluding carboxylic acids is 2. The van der Waals surface area contributed by atoms with Gasteiger partial charge < -0.3 is 14.9 Å². The number of hydrogen-bond acceptors (Lipinski definition) is 3. The second-order valence-corrected chi connectivity index (χ2v) is 8.30. The van der Waals surface area contributed by atoms with Crippen molar-refractivity contribution in [3.63, 3.8) is 0 Å². The van der Waals surface area contributed by atoms with Gasteiger partial charge in [-0.15, -0.1) is 0 Å². The first kappa shape index (κ1) is 17.5. The van der Waals surface area contributed by atoms with Gasteiger partial charge in [0.05, 0.1) is 18.4 Å². The molecule has 1 spiro atoms. The molecule has 1 saturated carbocycles. The predicted octanol–water partition coefficient (Wildman–Crippen LogP) is 1.97. The molecular formula is C21H28N2O3. The number of aliphatic hydroxyl groups is 1. The van der Waals surface area contributed by atoms with Crippen molar-refractivity contribution in [2.75, 3.05) is 26.2 Å². The quantitative estimate of drug-likeness (QED) is 0.877. The average Bonchev–Trinajstić information content (AvgIpc) is 3.37. The van der Waals surface area contributed by atoms with Gasteiger partial charge in [-0.25, -0.2) is 0 Å². The van der Waals surface area contributed by atoms with Gasteiger partial charge in [0.2, 0.25) is 11.8 Å². The first-order valence-corrected chi connectivity index (χ1v) is 9.85. The van der Waals surface area contributed by atoms with Gasteiger partial charge in [0.15, 0.2) is 0 Å². The van der Waals surface area contributed by atoms with Crippen molar-refractivity contribution in [1.82, 2.24) is 9.80 Å². The maximum absolute atomic E-state index is 13.1. The molecule has 0 aromatic heterocycles. The van der Waals surface area contributed by atoms with Gasteiger partial charge in [-0.1, -0.05) is 24.3 Å². The lowest BCUT2D eigenvalue weighted by Gasteiger charge is -2.39. The van der Waals surface area contributed by atoms with Crippen LogP contribution in [0.4, 0.5) is 0 Å². The van der Waals surface area contributed by atoms with Crippen LogP contribution >= 0.6 is 0 Å². The third-order valence-electron chi connectivity index (χ3n) is 6.27. The Morgan fingerprint density at radius 3 is 2.54 bits per heavy atom. The highest BCUT2D eigenvalue weighted by atomic mass is 16.3. The van der Waals surface area contributed by atoms with Crippen molar-refractivity contribution in [3.8, 4) is 0 Å². The van der Waals surface area contributed by atoms with Crippen LogP contribution < -0.4 is 0 Å². The second-order valence-electron chi connectivity index (χ2n) is 8.30. The van der Waals surface area contributed by atoms with E-state index >= 15 is 0 Å². The summed E-state index contributed by atoms with van der Waals surface area (Å²) in [4.78, 5) is 29.8. The van der Waals surface area contributed by atoms with Gasteiger partial charge in [0.1, 0.15) is 0 Å². The number of hydrogen-bond donors (Lipinski definition) is 1. The summed E-state index contributed by atoms with van der Waals surface area (Å²) in [5.41, 5.74) is 1.48. The molecule has 2 heterocycles. The van der Waals surface area contributed by atoms with Gasteiger partial charge in [-0.2, -0.15) is 0 Å². The third-order valence-corrected chi connectivity index (χ3v) is 6.27. The maximum atomic E-state index is 13.1.